The van der Waals surface area contributed by atoms with E-state index in [0.29, 0.717) is 17.8 Å². The largest absolute Gasteiger partial charge is 0.407 e. The van der Waals surface area contributed by atoms with E-state index >= 15 is 0 Å². The first-order valence-corrected chi connectivity index (χ1v) is 16.1. The Hall–Kier alpha value is -1.42. The quantitative estimate of drug-likeness (QED) is 0.338. The molecule has 0 aliphatic heterocycles. The van der Waals surface area contributed by atoms with Crippen LogP contribution in [0, 0.1) is 28.6 Å². The number of rotatable bonds is 10. The van der Waals surface area contributed by atoms with Gasteiger partial charge in [-0.1, -0.05) is 123 Å². The highest BCUT2D eigenvalue weighted by atomic mass is 28.4. The molecule has 3 heteroatoms. The van der Waals surface area contributed by atoms with E-state index in [0.717, 1.165) is 19.4 Å². The van der Waals surface area contributed by atoms with Gasteiger partial charge in [0, 0.05) is 6.61 Å². The lowest BCUT2D eigenvalue weighted by atomic mass is 9.59. The summed E-state index contributed by atoms with van der Waals surface area (Å²) in [6.45, 7) is 22.0. The number of hydrogen-bond donors (Lipinski definition) is 1. The van der Waals surface area contributed by atoms with Crippen LogP contribution in [0.5, 0.6) is 0 Å². The molecular formula is C33H52O2Si. The third-order valence-electron chi connectivity index (χ3n) is 10.2. The van der Waals surface area contributed by atoms with Gasteiger partial charge in [-0.3, -0.25) is 0 Å². The molecule has 0 spiro atoms. The summed E-state index contributed by atoms with van der Waals surface area (Å²) in [5, 5.41) is 13.2. The van der Waals surface area contributed by atoms with Gasteiger partial charge in [0.05, 0.1) is 6.10 Å². The summed E-state index contributed by atoms with van der Waals surface area (Å²) >= 11 is 0. The van der Waals surface area contributed by atoms with Gasteiger partial charge in [-0.2, -0.15) is 0 Å². The Labute approximate surface area is 223 Å². The second-order valence-electron chi connectivity index (χ2n) is 13.6. The van der Waals surface area contributed by atoms with Crippen molar-refractivity contribution in [2.45, 2.75) is 99.1 Å². The minimum absolute atomic E-state index is 0.00202. The zero-order valence-corrected chi connectivity index (χ0v) is 25.5. The van der Waals surface area contributed by atoms with Gasteiger partial charge in [0.15, 0.2) is 0 Å². The van der Waals surface area contributed by atoms with Crippen molar-refractivity contribution in [3.05, 3.63) is 60.7 Å². The van der Waals surface area contributed by atoms with Crippen molar-refractivity contribution in [1.82, 2.24) is 0 Å². The maximum atomic E-state index is 10.4. The Morgan fingerprint density at radius 1 is 0.889 bits per heavy atom. The lowest BCUT2D eigenvalue weighted by Crippen LogP contribution is -2.67. The van der Waals surface area contributed by atoms with Crippen molar-refractivity contribution in [3.8, 4) is 0 Å². The molecule has 200 valence electrons. The van der Waals surface area contributed by atoms with Gasteiger partial charge in [-0.15, -0.1) is 0 Å². The SMILES string of the molecule is CC(C)[C@@H](O)CC[C@H](C)[C@]1(C)CC[C@@H](CO[Si](c2ccccc2)(c2ccccc2)C(C)(C)C)C1(C)C. The van der Waals surface area contributed by atoms with E-state index in [9.17, 15) is 5.11 Å². The van der Waals surface area contributed by atoms with Crippen LogP contribution in [0.2, 0.25) is 5.04 Å². The molecule has 0 bridgehead atoms. The van der Waals surface area contributed by atoms with E-state index in [4.69, 9.17) is 4.43 Å². The molecule has 0 heterocycles. The molecule has 1 saturated carbocycles. The molecule has 0 saturated heterocycles. The zero-order chi connectivity index (χ0) is 26.8. The second-order valence-corrected chi connectivity index (χ2v) is 17.9. The van der Waals surface area contributed by atoms with Gasteiger partial charge in [-0.25, -0.2) is 0 Å². The van der Waals surface area contributed by atoms with Crippen LogP contribution in [-0.2, 0) is 4.43 Å². The molecule has 1 aliphatic carbocycles. The van der Waals surface area contributed by atoms with Gasteiger partial charge >= 0.3 is 0 Å². The summed E-state index contributed by atoms with van der Waals surface area (Å²) in [6, 6.07) is 22.0. The summed E-state index contributed by atoms with van der Waals surface area (Å²) in [5.41, 5.74) is 0.407. The number of hydrogen-bond acceptors (Lipinski definition) is 2. The van der Waals surface area contributed by atoms with E-state index in [2.05, 4.69) is 123 Å². The van der Waals surface area contributed by atoms with Crippen LogP contribution in [0.15, 0.2) is 60.7 Å². The average molecular weight is 509 g/mol. The maximum Gasteiger partial charge on any atom is 0.261 e. The predicted molar refractivity (Wildman–Crippen MR) is 157 cm³/mol. The minimum Gasteiger partial charge on any atom is -0.407 e. The molecule has 2 aromatic rings. The first-order chi connectivity index (χ1) is 16.8. The van der Waals surface area contributed by atoms with E-state index in [1.165, 1.54) is 23.2 Å². The van der Waals surface area contributed by atoms with Crippen LogP contribution in [0.25, 0.3) is 0 Å². The molecule has 1 N–H and O–H groups in total. The van der Waals surface area contributed by atoms with Crippen LogP contribution < -0.4 is 10.4 Å². The number of aliphatic hydroxyl groups is 1. The normalized spacial score (nSPS) is 24.1. The van der Waals surface area contributed by atoms with E-state index in [1.807, 2.05) is 0 Å². The minimum atomic E-state index is -2.53. The molecule has 0 radical (unpaired) electrons. The topological polar surface area (TPSA) is 29.5 Å². The Balaban J connectivity index is 1.89. The predicted octanol–water partition coefficient (Wildman–Crippen LogP) is 7.44. The Bertz CT molecular complexity index is 907. The highest BCUT2D eigenvalue weighted by Gasteiger charge is 2.56. The van der Waals surface area contributed by atoms with E-state index < -0.39 is 8.32 Å². The third-order valence-corrected chi connectivity index (χ3v) is 15.2. The molecule has 0 aromatic heterocycles. The number of aliphatic hydroxyl groups excluding tert-OH is 1. The Morgan fingerprint density at radius 2 is 1.39 bits per heavy atom. The van der Waals surface area contributed by atoms with Crippen LogP contribution in [0.4, 0.5) is 0 Å². The molecule has 0 unspecified atom stereocenters. The molecule has 0 amide bonds. The fourth-order valence-electron chi connectivity index (χ4n) is 6.86. The van der Waals surface area contributed by atoms with Gasteiger partial charge in [0.2, 0.25) is 0 Å². The summed E-state index contributed by atoms with van der Waals surface area (Å²) < 4.78 is 7.39. The summed E-state index contributed by atoms with van der Waals surface area (Å²) in [6.07, 6.45) is 4.22. The van der Waals surface area contributed by atoms with Crippen molar-refractivity contribution >= 4 is 18.7 Å². The zero-order valence-electron chi connectivity index (χ0n) is 24.5. The van der Waals surface area contributed by atoms with Gasteiger partial charge in [0.25, 0.3) is 8.32 Å². The lowest BCUT2D eigenvalue weighted by Gasteiger charge is -2.48. The third kappa shape index (κ3) is 5.40. The highest BCUT2D eigenvalue weighted by molar-refractivity contribution is 6.99. The van der Waals surface area contributed by atoms with Crippen molar-refractivity contribution in [3.63, 3.8) is 0 Å². The standard InChI is InChI=1S/C33H52O2Si/c1-25(2)30(34)21-20-26(3)33(9)23-22-27(32(33,7)8)24-35-36(31(4,5)6,28-16-12-10-13-17-28)29-18-14-11-15-19-29/h10-19,25-27,30,34H,20-24H2,1-9H3/t26-,27-,30-,33-/m0/s1. The highest BCUT2D eigenvalue weighted by Crippen LogP contribution is 2.60. The fourth-order valence-corrected chi connectivity index (χ4v) is 11.5. The molecule has 1 aliphatic rings. The van der Waals surface area contributed by atoms with Crippen LogP contribution in [0.1, 0.15) is 88.0 Å². The van der Waals surface area contributed by atoms with E-state index in [-0.39, 0.29) is 22.0 Å². The maximum absolute atomic E-state index is 10.4. The Kier molecular flexibility index (Phi) is 9.01. The average Bonchev–Trinajstić information content (AvgIpc) is 3.07. The summed E-state index contributed by atoms with van der Waals surface area (Å²) in [5.74, 6) is 1.41. The first-order valence-electron chi connectivity index (χ1n) is 14.2. The van der Waals surface area contributed by atoms with Gasteiger partial charge in [0.1, 0.15) is 0 Å². The first kappa shape index (κ1) is 29.1. The molecule has 1 fully saturated rings. The molecule has 3 rings (SSSR count). The van der Waals surface area contributed by atoms with E-state index in [1.54, 1.807) is 0 Å². The molecule has 4 atom stereocenters. The molecule has 2 aromatic carbocycles. The van der Waals surface area contributed by atoms with Crippen LogP contribution in [0.3, 0.4) is 0 Å². The van der Waals surface area contributed by atoms with Crippen molar-refractivity contribution in [2.24, 2.45) is 28.6 Å². The monoisotopic (exact) mass is 508 g/mol. The van der Waals surface area contributed by atoms with Crippen LogP contribution >= 0.6 is 0 Å². The fraction of sp³-hybridized carbons (Fsp3) is 0.636. The second kappa shape index (κ2) is 11.1. The Morgan fingerprint density at radius 3 is 1.83 bits per heavy atom. The summed E-state index contributed by atoms with van der Waals surface area (Å²) in [4.78, 5) is 0. The smallest absolute Gasteiger partial charge is 0.261 e. The van der Waals surface area contributed by atoms with Gasteiger partial charge in [-0.05, 0) is 69.7 Å². The van der Waals surface area contributed by atoms with Crippen molar-refractivity contribution in [1.29, 1.82) is 0 Å². The molecule has 36 heavy (non-hydrogen) atoms. The van der Waals surface area contributed by atoms with Gasteiger partial charge < -0.3 is 9.53 Å². The van der Waals surface area contributed by atoms with Crippen molar-refractivity contribution in [2.75, 3.05) is 6.61 Å². The number of benzene rings is 2. The molecule has 2 nitrogen and oxygen atoms in total. The lowest BCUT2D eigenvalue weighted by molar-refractivity contribution is 0.00600. The van der Waals surface area contributed by atoms with Crippen LogP contribution in [-0.4, -0.2) is 26.1 Å². The molecular weight excluding hydrogens is 456 g/mol. The summed E-state index contributed by atoms with van der Waals surface area (Å²) in [7, 11) is -2.53. The van der Waals surface area contributed by atoms with Crippen molar-refractivity contribution < 1.29 is 9.53 Å².